The highest BCUT2D eigenvalue weighted by Crippen LogP contribution is 2.25. The number of aromatic carboxylic acids is 1. The van der Waals surface area contributed by atoms with Crippen LogP contribution >= 0.6 is 23.4 Å². The number of halogens is 1. The van der Waals surface area contributed by atoms with Gasteiger partial charge in [-0.25, -0.2) is 4.79 Å². The third-order valence-corrected chi connectivity index (χ3v) is 3.35. The van der Waals surface area contributed by atoms with Crippen LogP contribution < -0.4 is 4.74 Å². The number of hydrogen-bond acceptors (Lipinski definition) is 3. The Hall–Kier alpha value is -0.870. The summed E-state index contributed by atoms with van der Waals surface area (Å²) >= 11 is 7.78. The second-order valence-electron chi connectivity index (χ2n) is 3.35. The van der Waals surface area contributed by atoms with Crippen LogP contribution in [0.25, 0.3) is 0 Å². The molecule has 94 valence electrons. The molecule has 0 bridgehead atoms. The smallest absolute Gasteiger partial charge is 0.335 e. The van der Waals surface area contributed by atoms with Gasteiger partial charge in [-0.1, -0.05) is 18.5 Å². The molecule has 0 fully saturated rings. The van der Waals surface area contributed by atoms with Gasteiger partial charge in [0.2, 0.25) is 0 Å². The van der Waals surface area contributed by atoms with Crippen molar-refractivity contribution in [2.75, 3.05) is 18.1 Å². The van der Waals surface area contributed by atoms with Crippen LogP contribution in [0.2, 0.25) is 5.02 Å². The van der Waals surface area contributed by atoms with Crippen molar-refractivity contribution in [3.05, 3.63) is 28.8 Å². The molecule has 0 aliphatic heterocycles. The average Bonchev–Trinajstić information content (AvgIpc) is 2.30. The van der Waals surface area contributed by atoms with E-state index in [1.54, 1.807) is 6.07 Å². The minimum atomic E-state index is -0.988. The maximum Gasteiger partial charge on any atom is 0.335 e. The summed E-state index contributed by atoms with van der Waals surface area (Å²) in [6.07, 6.45) is 0.954. The van der Waals surface area contributed by atoms with E-state index in [2.05, 4.69) is 6.92 Å². The molecular weight excluding hydrogens is 260 g/mol. The van der Waals surface area contributed by atoms with Crippen LogP contribution in [-0.2, 0) is 0 Å². The van der Waals surface area contributed by atoms with E-state index in [1.165, 1.54) is 12.1 Å². The number of rotatable bonds is 7. The zero-order chi connectivity index (χ0) is 12.7. The molecule has 1 N–H and O–H groups in total. The second kappa shape index (κ2) is 7.45. The molecule has 1 rings (SSSR count). The first-order chi connectivity index (χ1) is 8.15. The molecule has 0 heterocycles. The third-order valence-electron chi connectivity index (χ3n) is 2.07. The van der Waals surface area contributed by atoms with E-state index >= 15 is 0 Å². The Morgan fingerprint density at radius 3 is 2.88 bits per heavy atom. The molecule has 1 aromatic rings. The van der Waals surface area contributed by atoms with Crippen molar-refractivity contribution in [3.63, 3.8) is 0 Å². The van der Waals surface area contributed by atoms with Crippen molar-refractivity contribution < 1.29 is 14.6 Å². The molecule has 5 heteroatoms. The standard InChI is InChI=1S/C12H15ClO3S/c1-2-17-7-3-6-16-11-5-4-9(12(14)15)8-10(11)13/h4-5,8H,2-3,6-7H2,1H3,(H,14,15). The summed E-state index contributed by atoms with van der Waals surface area (Å²) < 4.78 is 5.48. The second-order valence-corrected chi connectivity index (χ2v) is 5.15. The highest BCUT2D eigenvalue weighted by atomic mass is 35.5. The van der Waals surface area contributed by atoms with Gasteiger partial charge in [0.05, 0.1) is 17.2 Å². The Kier molecular flexibility index (Phi) is 6.22. The fourth-order valence-electron chi connectivity index (χ4n) is 1.24. The van der Waals surface area contributed by atoms with Crippen LogP contribution in [0.15, 0.2) is 18.2 Å². The molecule has 1 aromatic carbocycles. The molecule has 0 saturated carbocycles. The van der Waals surface area contributed by atoms with Crippen molar-refractivity contribution in [2.24, 2.45) is 0 Å². The van der Waals surface area contributed by atoms with Gasteiger partial charge in [-0.05, 0) is 36.1 Å². The van der Waals surface area contributed by atoms with Crippen LogP contribution in [-0.4, -0.2) is 29.2 Å². The largest absolute Gasteiger partial charge is 0.492 e. The van der Waals surface area contributed by atoms with E-state index in [9.17, 15) is 4.79 Å². The van der Waals surface area contributed by atoms with Gasteiger partial charge < -0.3 is 9.84 Å². The lowest BCUT2D eigenvalue weighted by molar-refractivity contribution is 0.0697. The number of thioether (sulfide) groups is 1. The van der Waals surface area contributed by atoms with E-state index in [0.717, 1.165) is 17.9 Å². The molecule has 0 aliphatic carbocycles. The number of benzene rings is 1. The maximum absolute atomic E-state index is 10.7. The average molecular weight is 275 g/mol. The lowest BCUT2D eigenvalue weighted by Gasteiger charge is -2.08. The van der Waals surface area contributed by atoms with Crippen LogP contribution in [0.4, 0.5) is 0 Å². The van der Waals surface area contributed by atoms with Crippen molar-refractivity contribution >= 4 is 29.3 Å². The van der Waals surface area contributed by atoms with Crippen molar-refractivity contribution in [1.82, 2.24) is 0 Å². The third kappa shape index (κ3) is 4.88. The highest BCUT2D eigenvalue weighted by Gasteiger charge is 2.07. The summed E-state index contributed by atoms with van der Waals surface area (Å²) in [4.78, 5) is 10.7. The summed E-state index contributed by atoms with van der Waals surface area (Å²) in [7, 11) is 0. The fourth-order valence-corrected chi connectivity index (χ4v) is 2.08. The molecule has 0 saturated heterocycles. The van der Waals surface area contributed by atoms with E-state index in [1.807, 2.05) is 11.8 Å². The lowest BCUT2D eigenvalue weighted by atomic mass is 10.2. The summed E-state index contributed by atoms with van der Waals surface area (Å²) in [6.45, 7) is 2.71. The topological polar surface area (TPSA) is 46.5 Å². The quantitative estimate of drug-likeness (QED) is 0.772. The van der Waals surface area contributed by atoms with Gasteiger partial charge in [0.1, 0.15) is 5.75 Å². The summed E-state index contributed by atoms with van der Waals surface area (Å²) in [5.74, 6) is 1.71. The van der Waals surface area contributed by atoms with Gasteiger partial charge in [0, 0.05) is 0 Å². The van der Waals surface area contributed by atoms with Crippen LogP contribution in [0, 0.1) is 0 Å². The predicted molar refractivity (Wildman–Crippen MR) is 71.5 cm³/mol. The van der Waals surface area contributed by atoms with Gasteiger partial charge >= 0.3 is 5.97 Å². The molecule has 0 aliphatic rings. The van der Waals surface area contributed by atoms with Crippen LogP contribution in [0.5, 0.6) is 5.75 Å². The monoisotopic (exact) mass is 274 g/mol. The molecule has 0 atom stereocenters. The summed E-state index contributed by atoms with van der Waals surface area (Å²) in [5.41, 5.74) is 0.170. The van der Waals surface area contributed by atoms with Gasteiger partial charge in [-0.15, -0.1) is 0 Å². The van der Waals surface area contributed by atoms with Gasteiger partial charge in [0.25, 0.3) is 0 Å². The summed E-state index contributed by atoms with van der Waals surface area (Å²) in [6, 6.07) is 4.49. The number of carboxylic acids is 1. The SMILES string of the molecule is CCSCCCOc1ccc(C(=O)O)cc1Cl. The zero-order valence-electron chi connectivity index (χ0n) is 9.61. The van der Waals surface area contributed by atoms with E-state index in [4.69, 9.17) is 21.4 Å². The lowest BCUT2D eigenvalue weighted by Crippen LogP contribution is -2.01. The Morgan fingerprint density at radius 2 is 2.29 bits per heavy atom. The van der Waals surface area contributed by atoms with Crippen molar-refractivity contribution in [3.8, 4) is 5.75 Å². The molecule has 0 unspecified atom stereocenters. The predicted octanol–water partition coefficient (Wildman–Crippen LogP) is 3.56. The first-order valence-electron chi connectivity index (χ1n) is 5.38. The normalized spacial score (nSPS) is 10.2. The van der Waals surface area contributed by atoms with Gasteiger partial charge in [0.15, 0.2) is 0 Å². The van der Waals surface area contributed by atoms with Crippen molar-refractivity contribution in [2.45, 2.75) is 13.3 Å². The number of ether oxygens (including phenoxy) is 1. The fraction of sp³-hybridized carbons (Fsp3) is 0.417. The Labute approximate surface area is 110 Å². The molecular formula is C12H15ClO3S. The minimum Gasteiger partial charge on any atom is -0.492 e. The molecule has 0 spiro atoms. The Bertz CT molecular complexity index is 382. The van der Waals surface area contributed by atoms with E-state index < -0.39 is 5.97 Å². The molecule has 17 heavy (non-hydrogen) atoms. The van der Waals surface area contributed by atoms with Gasteiger partial charge in [-0.3, -0.25) is 0 Å². The molecule has 0 amide bonds. The maximum atomic E-state index is 10.7. The molecule has 0 aromatic heterocycles. The highest BCUT2D eigenvalue weighted by molar-refractivity contribution is 7.99. The molecule has 3 nitrogen and oxygen atoms in total. The van der Waals surface area contributed by atoms with E-state index in [-0.39, 0.29) is 5.56 Å². The Morgan fingerprint density at radius 1 is 1.53 bits per heavy atom. The van der Waals surface area contributed by atoms with E-state index in [0.29, 0.717) is 17.4 Å². The minimum absolute atomic E-state index is 0.170. The Balaban J connectivity index is 2.46. The zero-order valence-corrected chi connectivity index (χ0v) is 11.2. The van der Waals surface area contributed by atoms with Gasteiger partial charge in [-0.2, -0.15) is 11.8 Å². The number of hydrogen-bond donors (Lipinski definition) is 1. The first kappa shape index (κ1) is 14.2. The summed E-state index contributed by atoms with van der Waals surface area (Å²) in [5, 5.41) is 9.11. The van der Waals surface area contributed by atoms with Crippen LogP contribution in [0.3, 0.4) is 0 Å². The van der Waals surface area contributed by atoms with Crippen LogP contribution in [0.1, 0.15) is 23.7 Å². The first-order valence-corrected chi connectivity index (χ1v) is 6.91. The molecule has 0 radical (unpaired) electrons. The number of carbonyl (C=O) groups is 1. The van der Waals surface area contributed by atoms with Crippen molar-refractivity contribution in [1.29, 1.82) is 0 Å². The number of carboxylic acid groups (broad SMARTS) is 1.